The van der Waals surface area contributed by atoms with Crippen molar-refractivity contribution in [1.82, 2.24) is 14.4 Å². The van der Waals surface area contributed by atoms with Crippen molar-refractivity contribution in [3.63, 3.8) is 0 Å². The van der Waals surface area contributed by atoms with Gasteiger partial charge in [0.2, 0.25) is 0 Å². The van der Waals surface area contributed by atoms with Gasteiger partial charge in [-0.05, 0) is 39.1 Å². The molecule has 1 aromatic heterocycles. The summed E-state index contributed by atoms with van der Waals surface area (Å²) >= 11 is 0. The Kier molecular flexibility index (Phi) is 5.74. The lowest BCUT2D eigenvalue weighted by atomic mass is 10.1. The van der Waals surface area contributed by atoms with E-state index in [1.807, 2.05) is 23.9 Å². The number of rotatable bonds is 5. The molecule has 122 valence electrons. The molecular formula is C16H25N3O3. The number of carbonyl (C=O) groups excluding carboxylic acids is 1. The molecule has 1 aliphatic heterocycles. The highest BCUT2D eigenvalue weighted by atomic mass is 16.5. The second kappa shape index (κ2) is 7.56. The van der Waals surface area contributed by atoms with Crippen LogP contribution in [0.3, 0.4) is 0 Å². The van der Waals surface area contributed by atoms with E-state index in [1.165, 1.54) is 4.57 Å². The average molecular weight is 307 g/mol. The van der Waals surface area contributed by atoms with E-state index in [0.717, 1.165) is 19.4 Å². The fourth-order valence-electron chi connectivity index (χ4n) is 2.67. The number of hydrogen-bond donors (Lipinski definition) is 0. The number of ether oxygens (including phenoxy) is 1. The Morgan fingerprint density at radius 3 is 2.64 bits per heavy atom. The molecule has 6 nitrogen and oxygen atoms in total. The highest BCUT2D eigenvalue weighted by Crippen LogP contribution is 2.16. The van der Waals surface area contributed by atoms with Gasteiger partial charge in [0.1, 0.15) is 5.56 Å². The van der Waals surface area contributed by atoms with Gasteiger partial charge >= 0.3 is 0 Å². The SMILES string of the molecule is CN(C)CCN(C(=O)c1cccn(C)c1=O)C1CCOCC1. The molecule has 1 fully saturated rings. The molecule has 0 unspecified atom stereocenters. The minimum atomic E-state index is -0.241. The van der Waals surface area contributed by atoms with Crippen molar-refractivity contribution >= 4 is 5.91 Å². The van der Waals surface area contributed by atoms with E-state index in [0.29, 0.717) is 19.8 Å². The van der Waals surface area contributed by atoms with Gasteiger partial charge in [0.05, 0.1) is 0 Å². The normalized spacial score (nSPS) is 16.0. The van der Waals surface area contributed by atoms with Crippen molar-refractivity contribution < 1.29 is 9.53 Å². The minimum Gasteiger partial charge on any atom is -0.381 e. The first-order chi connectivity index (χ1) is 10.5. The van der Waals surface area contributed by atoms with E-state index < -0.39 is 0 Å². The van der Waals surface area contributed by atoms with E-state index in [2.05, 4.69) is 0 Å². The fraction of sp³-hybridized carbons (Fsp3) is 0.625. The summed E-state index contributed by atoms with van der Waals surface area (Å²) in [4.78, 5) is 29.0. The second-order valence-electron chi connectivity index (χ2n) is 5.98. The van der Waals surface area contributed by atoms with Crippen LogP contribution in [-0.4, -0.2) is 66.7 Å². The zero-order valence-electron chi connectivity index (χ0n) is 13.6. The molecular weight excluding hydrogens is 282 g/mol. The van der Waals surface area contributed by atoms with Crippen molar-refractivity contribution in [2.24, 2.45) is 7.05 Å². The molecule has 0 saturated carbocycles. The molecule has 0 atom stereocenters. The summed E-state index contributed by atoms with van der Waals surface area (Å²) in [6, 6.07) is 3.50. The van der Waals surface area contributed by atoms with Crippen LogP contribution in [0.2, 0.25) is 0 Å². The Balaban J connectivity index is 2.24. The number of likely N-dealkylation sites (N-methyl/N-ethyl adjacent to an activating group) is 1. The van der Waals surface area contributed by atoms with Gasteiger partial charge in [0.15, 0.2) is 0 Å². The van der Waals surface area contributed by atoms with Gasteiger partial charge in [0, 0.05) is 45.6 Å². The molecule has 0 N–H and O–H groups in total. The molecule has 1 saturated heterocycles. The largest absolute Gasteiger partial charge is 0.381 e. The third-order valence-corrected chi connectivity index (χ3v) is 4.03. The summed E-state index contributed by atoms with van der Waals surface area (Å²) in [5, 5.41) is 0. The summed E-state index contributed by atoms with van der Waals surface area (Å²) in [5.41, 5.74) is 0.00432. The Morgan fingerprint density at radius 2 is 2.00 bits per heavy atom. The molecule has 2 heterocycles. The fourth-order valence-corrected chi connectivity index (χ4v) is 2.67. The van der Waals surface area contributed by atoms with Crippen LogP contribution in [0.15, 0.2) is 23.1 Å². The van der Waals surface area contributed by atoms with Gasteiger partial charge in [-0.1, -0.05) is 0 Å². The number of pyridine rings is 1. The number of carbonyl (C=O) groups is 1. The Labute approximate surface area is 131 Å². The molecule has 1 aliphatic rings. The number of hydrogen-bond acceptors (Lipinski definition) is 4. The quantitative estimate of drug-likeness (QED) is 0.798. The van der Waals surface area contributed by atoms with Crippen molar-refractivity contribution in [3.05, 3.63) is 34.2 Å². The molecule has 0 spiro atoms. The van der Waals surface area contributed by atoms with Gasteiger partial charge < -0.3 is 19.1 Å². The summed E-state index contributed by atoms with van der Waals surface area (Å²) in [5.74, 6) is -0.171. The molecule has 0 aliphatic carbocycles. The first-order valence-electron chi connectivity index (χ1n) is 7.70. The zero-order valence-corrected chi connectivity index (χ0v) is 13.6. The number of amides is 1. The second-order valence-corrected chi connectivity index (χ2v) is 5.98. The highest BCUT2D eigenvalue weighted by molar-refractivity contribution is 5.94. The molecule has 2 rings (SSSR count). The van der Waals surface area contributed by atoms with Crippen LogP contribution < -0.4 is 5.56 Å². The standard InChI is InChI=1S/C16H25N3O3/c1-17(2)9-10-19(13-6-11-22-12-7-13)16(21)14-5-4-8-18(3)15(14)20/h4-5,8,13H,6-7,9-12H2,1-3H3. The molecule has 1 aromatic rings. The summed E-state index contributed by atoms with van der Waals surface area (Å²) in [7, 11) is 5.63. The molecule has 0 aromatic carbocycles. The molecule has 0 radical (unpaired) electrons. The maximum Gasteiger partial charge on any atom is 0.263 e. The number of aromatic nitrogens is 1. The Hall–Kier alpha value is -1.66. The summed E-state index contributed by atoms with van der Waals surface area (Å²) in [6.45, 7) is 2.73. The predicted octanol–water partition coefficient (Wildman–Crippen LogP) is 0.568. The first-order valence-corrected chi connectivity index (χ1v) is 7.70. The Morgan fingerprint density at radius 1 is 1.32 bits per heavy atom. The van der Waals surface area contributed by atoms with Crippen molar-refractivity contribution in [2.75, 3.05) is 40.4 Å². The number of aryl methyl sites for hydroxylation is 1. The van der Waals surface area contributed by atoms with E-state index in [1.54, 1.807) is 25.4 Å². The van der Waals surface area contributed by atoms with Gasteiger partial charge in [0.25, 0.3) is 11.5 Å². The first kappa shape index (κ1) is 16.7. The molecule has 6 heteroatoms. The molecule has 22 heavy (non-hydrogen) atoms. The van der Waals surface area contributed by atoms with E-state index >= 15 is 0 Å². The van der Waals surface area contributed by atoms with Gasteiger partial charge in [-0.15, -0.1) is 0 Å². The number of nitrogens with zero attached hydrogens (tertiary/aromatic N) is 3. The Bertz CT molecular complexity index is 562. The molecule has 1 amide bonds. The van der Waals surface area contributed by atoms with Crippen LogP contribution in [-0.2, 0) is 11.8 Å². The predicted molar refractivity (Wildman–Crippen MR) is 85.1 cm³/mol. The third-order valence-electron chi connectivity index (χ3n) is 4.03. The lowest BCUT2D eigenvalue weighted by molar-refractivity contribution is 0.0274. The third kappa shape index (κ3) is 3.96. The molecule has 0 bridgehead atoms. The van der Waals surface area contributed by atoms with Crippen LogP contribution in [0, 0.1) is 0 Å². The van der Waals surface area contributed by atoms with Crippen molar-refractivity contribution in [2.45, 2.75) is 18.9 Å². The minimum absolute atomic E-state index is 0.145. The summed E-state index contributed by atoms with van der Waals surface area (Å²) in [6.07, 6.45) is 3.32. The zero-order chi connectivity index (χ0) is 16.1. The van der Waals surface area contributed by atoms with Crippen LogP contribution in [0.4, 0.5) is 0 Å². The van der Waals surface area contributed by atoms with Gasteiger partial charge in [-0.3, -0.25) is 9.59 Å². The maximum atomic E-state index is 12.9. The van der Waals surface area contributed by atoms with E-state index in [4.69, 9.17) is 4.74 Å². The highest BCUT2D eigenvalue weighted by Gasteiger charge is 2.28. The van der Waals surface area contributed by atoms with Gasteiger partial charge in [-0.25, -0.2) is 0 Å². The van der Waals surface area contributed by atoms with Crippen molar-refractivity contribution in [1.29, 1.82) is 0 Å². The monoisotopic (exact) mass is 307 g/mol. The van der Waals surface area contributed by atoms with Gasteiger partial charge in [-0.2, -0.15) is 0 Å². The maximum absolute atomic E-state index is 12.9. The van der Waals surface area contributed by atoms with Crippen LogP contribution >= 0.6 is 0 Å². The van der Waals surface area contributed by atoms with Crippen LogP contribution in [0.1, 0.15) is 23.2 Å². The van der Waals surface area contributed by atoms with Crippen LogP contribution in [0.5, 0.6) is 0 Å². The summed E-state index contributed by atoms with van der Waals surface area (Å²) < 4.78 is 6.84. The van der Waals surface area contributed by atoms with Crippen molar-refractivity contribution in [3.8, 4) is 0 Å². The van der Waals surface area contributed by atoms with E-state index in [-0.39, 0.29) is 23.1 Å². The topological polar surface area (TPSA) is 54.8 Å². The van der Waals surface area contributed by atoms with Crippen LogP contribution in [0.25, 0.3) is 0 Å². The average Bonchev–Trinajstić information content (AvgIpc) is 2.51. The van der Waals surface area contributed by atoms with E-state index in [9.17, 15) is 9.59 Å². The lowest BCUT2D eigenvalue weighted by Gasteiger charge is -2.35. The lowest BCUT2D eigenvalue weighted by Crippen LogP contribution is -2.47. The smallest absolute Gasteiger partial charge is 0.263 e.